The lowest BCUT2D eigenvalue weighted by Crippen LogP contribution is -2.11. The maximum atomic E-state index is 13.1. The Labute approximate surface area is 136 Å². The number of aromatic nitrogens is 1. The van der Waals surface area contributed by atoms with E-state index in [4.69, 9.17) is 4.84 Å². The molecule has 0 saturated heterocycles. The van der Waals surface area contributed by atoms with E-state index in [0.29, 0.717) is 0 Å². The molecule has 2 nitrogen and oxygen atoms in total. The van der Waals surface area contributed by atoms with Crippen molar-refractivity contribution in [1.82, 2.24) is 4.73 Å². The molecule has 0 atom stereocenters. The summed E-state index contributed by atoms with van der Waals surface area (Å²) in [6.07, 6.45) is 4.57. The zero-order valence-electron chi connectivity index (χ0n) is 13.8. The molecule has 120 valence electrons. The predicted molar refractivity (Wildman–Crippen MR) is 90.2 cm³/mol. The van der Waals surface area contributed by atoms with Gasteiger partial charge in [0, 0.05) is 9.79 Å². The summed E-state index contributed by atoms with van der Waals surface area (Å²) < 4.78 is 15.0. The van der Waals surface area contributed by atoms with Crippen LogP contribution in [0.15, 0.2) is 34.1 Å². The molecule has 0 fully saturated rings. The average molecular weight is 321 g/mol. The van der Waals surface area contributed by atoms with Crippen LogP contribution in [0.1, 0.15) is 43.1 Å². The number of nitrogens with zero attached hydrogens (tertiary/aromatic N) is 1. The molecule has 2 aromatic rings. The first-order valence-electron chi connectivity index (χ1n) is 7.77. The van der Waals surface area contributed by atoms with Crippen molar-refractivity contribution in [3.05, 3.63) is 47.0 Å². The van der Waals surface area contributed by atoms with Crippen molar-refractivity contribution in [3.8, 4) is 0 Å². The van der Waals surface area contributed by atoms with Crippen molar-refractivity contribution in [3.63, 3.8) is 0 Å². The zero-order chi connectivity index (χ0) is 16.1. The van der Waals surface area contributed by atoms with Crippen LogP contribution >= 0.6 is 11.8 Å². The fraction of sp³-hybridized carbons (Fsp3) is 0.444. The van der Waals surface area contributed by atoms with Crippen LogP contribution in [0.3, 0.4) is 0 Å². The van der Waals surface area contributed by atoms with Gasteiger partial charge in [-0.3, -0.25) is 0 Å². The van der Waals surface area contributed by atoms with E-state index in [1.54, 1.807) is 18.9 Å². The zero-order valence-corrected chi connectivity index (χ0v) is 14.6. The van der Waals surface area contributed by atoms with Crippen LogP contribution in [-0.2, 0) is 6.42 Å². The van der Waals surface area contributed by atoms with Gasteiger partial charge in [0.05, 0.1) is 11.4 Å². The highest BCUT2D eigenvalue weighted by Gasteiger charge is 2.19. The quantitative estimate of drug-likeness (QED) is 0.652. The summed E-state index contributed by atoms with van der Waals surface area (Å²) in [5.74, 6) is -0.199. The molecule has 0 saturated carbocycles. The van der Waals surface area contributed by atoms with Gasteiger partial charge in [0.15, 0.2) is 0 Å². The molecule has 1 heterocycles. The molecule has 1 aromatic heterocycles. The molecule has 0 amide bonds. The van der Waals surface area contributed by atoms with Crippen molar-refractivity contribution in [2.45, 2.75) is 56.2 Å². The summed E-state index contributed by atoms with van der Waals surface area (Å²) in [6.45, 7) is 6.41. The lowest BCUT2D eigenvalue weighted by atomic mass is 10.1. The van der Waals surface area contributed by atoms with Gasteiger partial charge < -0.3 is 4.84 Å². The first kappa shape index (κ1) is 16.9. The van der Waals surface area contributed by atoms with Crippen molar-refractivity contribution in [2.24, 2.45) is 0 Å². The molecule has 0 aliphatic rings. The third-order valence-corrected chi connectivity index (χ3v) is 5.18. The van der Waals surface area contributed by atoms with Gasteiger partial charge in [-0.15, -0.1) is 0 Å². The first-order valence-corrected chi connectivity index (χ1v) is 8.58. The minimum atomic E-state index is -0.199. The van der Waals surface area contributed by atoms with E-state index in [0.717, 1.165) is 23.4 Å². The molecule has 0 aliphatic heterocycles. The summed E-state index contributed by atoms with van der Waals surface area (Å²) in [7, 11) is 1.71. The van der Waals surface area contributed by atoms with E-state index in [2.05, 4.69) is 20.8 Å². The van der Waals surface area contributed by atoms with E-state index in [9.17, 15) is 4.39 Å². The first-order chi connectivity index (χ1) is 10.6. The Morgan fingerprint density at radius 2 is 1.82 bits per heavy atom. The van der Waals surface area contributed by atoms with Crippen molar-refractivity contribution >= 4 is 11.8 Å². The Bertz CT molecular complexity index is 619. The fourth-order valence-electron chi connectivity index (χ4n) is 2.59. The molecule has 1 aromatic carbocycles. The van der Waals surface area contributed by atoms with Gasteiger partial charge in [-0.2, -0.15) is 4.73 Å². The third-order valence-electron chi connectivity index (χ3n) is 3.93. The number of hydrogen-bond donors (Lipinski definition) is 0. The number of hydrogen-bond acceptors (Lipinski definition) is 2. The highest BCUT2D eigenvalue weighted by Crippen LogP contribution is 2.36. The van der Waals surface area contributed by atoms with Gasteiger partial charge in [-0.25, -0.2) is 4.39 Å². The van der Waals surface area contributed by atoms with Gasteiger partial charge in [0.1, 0.15) is 12.9 Å². The molecule has 0 aliphatic carbocycles. The van der Waals surface area contributed by atoms with E-state index in [1.165, 1.54) is 41.1 Å². The van der Waals surface area contributed by atoms with Crippen molar-refractivity contribution in [1.29, 1.82) is 0 Å². The standard InChI is InChI=1S/C18H24FNOS/c1-5-6-7-8-17-18(13(2)14(3)20(17)21-4)22-16-11-9-15(19)10-12-16/h9-12H,5-8H2,1-4H3. The van der Waals surface area contributed by atoms with E-state index < -0.39 is 0 Å². The van der Waals surface area contributed by atoms with Gasteiger partial charge in [0.2, 0.25) is 0 Å². The predicted octanol–water partition coefficient (Wildman–Crippen LogP) is 5.19. The maximum absolute atomic E-state index is 13.1. The van der Waals surface area contributed by atoms with E-state index in [-0.39, 0.29) is 5.82 Å². The van der Waals surface area contributed by atoms with Gasteiger partial charge in [0.25, 0.3) is 0 Å². The average Bonchev–Trinajstić information content (AvgIpc) is 2.74. The Morgan fingerprint density at radius 1 is 1.14 bits per heavy atom. The topological polar surface area (TPSA) is 14.2 Å². The van der Waals surface area contributed by atoms with Gasteiger partial charge in [-0.1, -0.05) is 31.5 Å². The second-order valence-corrected chi connectivity index (χ2v) is 6.56. The molecule has 0 N–H and O–H groups in total. The second kappa shape index (κ2) is 7.73. The Balaban J connectivity index is 2.33. The van der Waals surface area contributed by atoms with E-state index >= 15 is 0 Å². The minimum absolute atomic E-state index is 0.199. The summed E-state index contributed by atoms with van der Waals surface area (Å²) in [5.41, 5.74) is 3.60. The van der Waals surface area contributed by atoms with Crippen molar-refractivity contribution < 1.29 is 9.23 Å². The lowest BCUT2D eigenvalue weighted by molar-refractivity contribution is 0.153. The SMILES string of the molecule is CCCCCc1c(Sc2ccc(F)cc2)c(C)c(C)n1OC. The Morgan fingerprint density at radius 3 is 2.41 bits per heavy atom. The highest BCUT2D eigenvalue weighted by molar-refractivity contribution is 7.99. The Hall–Kier alpha value is -1.42. The molecule has 0 radical (unpaired) electrons. The molecular formula is C18H24FNOS. The third kappa shape index (κ3) is 3.67. The van der Waals surface area contributed by atoms with Crippen LogP contribution in [0, 0.1) is 19.7 Å². The highest BCUT2D eigenvalue weighted by atomic mass is 32.2. The molecule has 0 spiro atoms. The van der Waals surface area contributed by atoms with Crippen LogP contribution in [0.2, 0.25) is 0 Å². The minimum Gasteiger partial charge on any atom is -0.417 e. The van der Waals surface area contributed by atoms with Gasteiger partial charge in [-0.05, 0) is 56.5 Å². The largest absolute Gasteiger partial charge is 0.417 e. The van der Waals surface area contributed by atoms with Crippen LogP contribution in [0.25, 0.3) is 0 Å². The molecule has 22 heavy (non-hydrogen) atoms. The monoisotopic (exact) mass is 321 g/mol. The summed E-state index contributed by atoms with van der Waals surface area (Å²) in [5, 5.41) is 0. The second-order valence-electron chi connectivity index (χ2n) is 5.48. The lowest BCUT2D eigenvalue weighted by Gasteiger charge is -2.11. The van der Waals surface area contributed by atoms with Crippen LogP contribution in [0.5, 0.6) is 0 Å². The van der Waals surface area contributed by atoms with Crippen LogP contribution in [0.4, 0.5) is 4.39 Å². The molecule has 4 heteroatoms. The summed E-state index contributed by atoms with van der Waals surface area (Å²) >= 11 is 1.69. The van der Waals surface area contributed by atoms with Crippen LogP contribution in [-0.4, -0.2) is 11.8 Å². The molecular weight excluding hydrogens is 297 g/mol. The molecule has 0 bridgehead atoms. The number of benzene rings is 1. The number of halogens is 1. The smallest absolute Gasteiger partial charge is 0.123 e. The molecule has 0 unspecified atom stereocenters. The van der Waals surface area contributed by atoms with Crippen molar-refractivity contribution in [2.75, 3.05) is 7.11 Å². The number of unbranched alkanes of at least 4 members (excludes halogenated alkanes) is 2. The number of rotatable bonds is 7. The van der Waals surface area contributed by atoms with Gasteiger partial charge >= 0.3 is 0 Å². The summed E-state index contributed by atoms with van der Waals surface area (Å²) in [4.78, 5) is 7.86. The van der Waals surface area contributed by atoms with Crippen LogP contribution < -0.4 is 4.84 Å². The fourth-order valence-corrected chi connectivity index (χ4v) is 3.70. The summed E-state index contributed by atoms with van der Waals surface area (Å²) in [6, 6.07) is 6.67. The Kier molecular flexibility index (Phi) is 5.95. The normalized spacial score (nSPS) is 11.0. The molecule has 2 rings (SSSR count). The maximum Gasteiger partial charge on any atom is 0.123 e. The van der Waals surface area contributed by atoms with E-state index in [1.807, 2.05) is 16.9 Å².